The van der Waals surface area contributed by atoms with Crippen molar-refractivity contribution in [1.29, 1.82) is 0 Å². The Morgan fingerprint density at radius 1 is 1.19 bits per heavy atom. The Morgan fingerprint density at radius 2 is 1.81 bits per heavy atom. The Morgan fingerprint density at radius 3 is 2.41 bits per heavy atom. The number of carbonyl (C=O) groups excluding carboxylic acids is 3. The van der Waals surface area contributed by atoms with Gasteiger partial charge in [0, 0.05) is 24.3 Å². The molecule has 1 aliphatic heterocycles. The van der Waals surface area contributed by atoms with Crippen molar-refractivity contribution in [2.75, 3.05) is 25.0 Å². The van der Waals surface area contributed by atoms with Crippen LogP contribution >= 0.6 is 12.4 Å². The van der Waals surface area contributed by atoms with Gasteiger partial charge >= 0.3 is 0 Å². The summed E-state index contributed by atoms with van der Waals surface area (Å²) in [5.41, 5.74) is 7.64. The summed E-state index contributed by atoms with van der Waals surface area (Å²) in [6.07, 6.45) is 2.05. The molecule has 0 aromatic heterocycles. The molecule has 1 atom stereocenters. The van der Waals surface area contributed by atoms with E-state index in [0.717, 1.165) is 31.5 Å². The van der Waals surface area contributed by atoms with Crippen LogP contribution in [-0.2, 0) is 9.59 Å². The minimum absolute atomic E-state index is 0. The Hall–Kier alpha value is -2.12. The number of nitrogens with one attached hydrogen (secondary N) is 2. The Balaban J connectivity index is 0.00000364. The molecule has 4 N–H and O–H groups in total. The maximum atomic E-state index is 12.6. The number of likely N-dealkylation sites (tertiary alicyclic amines) is 1. The third kappa shape index (κ3) is 5.94. The average molecular weight is 397 g/mol. The SMILES string of the molecule is Cc1c(NC(=O)CNC(=O)[C@@H](N)C(C)C)cccc1C(=O)N1CCCC1.Cl. The van der Waals surface area contributed by atoms with Gasteiger partial charge in [0.1, 0.15) is 0 Å². The molecule has 2 rings (SSSR count). The zero-order chi connectivity index (χ0) is 19.3. The van der Waals surface area contributed by atoms with Crippen LogP contribution in [0.2, 0.25) is 0 Å². The molecule has 1 aliphatic rings. The molecule has 0 bridgehead atoms. The van der Waals surface area contributed by atoms with Gasteiger partial charge in [-0.2, -0.15) is 0 Å². The van der Waals surface area contributed by atoms with E-state index in [1.165, 1.54) is 0 Å². The number of amides is 3. The third-order valence-corrected chi connectivity index (χ3v) is 4.68. The lowest BCUT2D eigenvalue weighted by molar-refractivity contribution is -0.125. The normalized spacial score (nSPS) is 14.5. The zero-order valence-electron chi connectivity index (χ0n) is 16.1. The van der Waals surface area contributed by atoms with Gasteiger partial charge in [-0.15, -0.1) is 12.4 Å². The van der Waals surface area contributed by atoms with E-state index < -0.39 is 6.04 Å². The van der Waals surface area contributed by atoms with Crippen molar-refractivity contribution in [2.45, 2.75) is 39.7 Å². The van der Waals surface area contributed by atoms with Gasteiger partial charge in [-0.3, -0.25) is 14.4 Å². The van der Waals surface area contributed by atoms with E-state index in [9.17, 15) is 14.4 Å². The van der Waals surface area contributed by atoms with E-state index in [0.29, 0.717) is 11.3 Å². The van der Waals surface area contributed by atoms with Crippen molar-refractivity contribution in [3.8, 4) is 0 Å². The summed E-state index contributed by atoms with van der Waals surface area (Å²) >= 11 is 0. The van der Waals surface area contributed by atoms with Gasteiger partial charge in [-0.25, -0.2) is 0 Å². The van der Waals surface area contributed by atoms with Crippen LogP contribution in [0.4, 0.5) is 5.69 Å². The summed E-state index contributed by atoms with van der Waals surface area (Å²) in [5, 5.41) is 5.29. The second kappa shape index (κ2) is 10.3. The lowest BCUT2D eigenvalue weighted by Gasteiger charge is -2.19. The van der Waals surface area contributed by atoms with Crippen molar-refractivity contribution >= 4 is 35.8 Å². The van der Waals surface area contributed by atoms with Crippen LogP contribution in [0, 0.1) is 12.8 Å². The van der Waals surface area contributed by atoms with Gasteiger partial charge in [0.05, 0.1) is 12.6 Å². The first-order valence-electron chi connectivity index (χ1n) is 9.03. The number of halogens is 1. The molecule has 1 saturated heterocycles. The number of hydrogen-bond donors (Lipinski definition) is 3. The first-order valence-corrected chi connectivity index (χ1v) is 9.03. The molecule has 7 nitrogen and oxygen atoms in total. The quantitative estimate of drug-likeness (QED) is 0.680. The van der Waals surface area contributed by atoms with Gasteiger partial charge in [-0.1, -0.05) is 19.9 Å². The van der Waals surface area contributed by atoms with E-state index in [4.69, 9.17) is 5.73 Å². The molecule has 27 heavy (non-hydrogen) atoms. The zero-order valence-corrected chi connectivity index (χ0v) is 16.9. The topological polar surface area (TPSA) is 105 Å². The minimum Gasteiger partial charge on any atom is -0.346 e. The largest absolute Gasteiger partial charge is 0.346 e. The summed E-state index contributed by atoms with van der Waals surface area (Å²) < 4.78 is 0. The average Bonchev–Trinajstić information content (AvgIpc) is 3.14. The van der Waals surface area contributed by atoms with E-state index in [-0.39, 0.29) is 42.6 Å². The first-order chi connectivity index (χ1) is 12.3. The van der Waals surface area contributed by atoms with Crippen LogP contribution < -0.4 is 16.4 Å². The van der Waals surface area contributed by atoms with Crippen LogP contribution in [0.5, 0.6) is 0 Å². The third-order valence-electron chi connectivity index (χ3n) is 4.68. The molecule has 1 heterocycles. The fraction of sp³-hybridized carbons (Fsp3) is 0.526. The fourth-order valence-electron chi connectivity index (χ4n) is 2.88. The summed E-state index contributed by atoms with van der Waals surface area (Å²) in [6, 6.07) is 4.62. The number of hydrogen-bond acceptors (Lipinski definition) is 4. The van der Waals surface area contributed by atoms with Crippen molar-refractivity contribution in [1.82, 2.24) is 10.2 Å². The van der Waals surface area contributed by atoms with Crippen LogP contribution in [0.15, 0.2) is 18.2 Å². The highest BCUT2D eigenvalue weighted by atomic mass is 35.5. The predicted octanol–water partition coefficient (Wildman–Crippen LogP) is 1.69. The van der Waals surface area contributed by atoms with Gasteiger partial charge < -0.3 is 21.3 Å². The molecule has 8 heteroatoms. The molecule has 0 spiro atoms. The monoisotopic (exact) mass is 396 g/mol. The van der Waals surface area contributed by atoms with E-state index in [1.807, 2.05) is 25.7 Å². The van der Waals surface area contributed by atoms with Crippen molar-refractivity contribution in [3.05, 3.63) is 29.3 Å². The van der Waals surface area contributed by atoms with E-state index in [2.05, 4.69) is 10.6 Å². The second-order valence-electron chi connectivity index (χ2n) is 7.01. The molecule has 1 fully saturated rings. The van der Waals surface area contributed by atoms with E-state index >= 15 is 0 Å². The molecule has 150 valence electrons. The van der Waals surface area contributed by atoms with Gasteiger partial charge in [0.25, 0.3) is 5.91 Å². The summed E-state index contributed by atoms with van der Waals surface area (Å²) in [6.45, 7) is 6.89. The molecule has 0 saturated carbocycles. The van der Waals surface area contributed by atoms with Crippen LogP contribution in [0.1, 0.15) is 42.6 Å². The van der Waals surface area contributed by atoms with Gasteiger partial charge in [0.2, 0.25) is 11.8 Å². The fourth-order valence-corrected chi connectivity index (χ4v) is 2.88. The van der Waals surface area contributed by atoms with E-state index in [1.54, 1.807) is 18.2 Å². The highest BCUT2D eigenvalue weighted by molar-refractivity contribution is 6.00. The van der Waals surface area contributed by atoms with Crippen molar-refractivity contribution < 1.29 is 14.4 Å². The molecule has 0 unspecified atom stereocenters. The highest BCUT2D eigenvalue weighted by Gasteiger charge is 2.22. The lowest BCUT2D eigenvalue weighted by Crippen LogP contribution is -2.46. The highest BCUT2D eigenvalue weighted by Crippen LogP contribution is 2.22. The second-order valence-corrected chi connectivity index (χ2v) is 7.01. The summed E-state index contributed by atoms with van der Waals surface area (Å²) in [4.78, 5) is 38.4. The van der Waals surface area contributed by atoms with Gasteiger partial charge in [0.15, 0.2) is 0 Å². The molecule has 1 aromatic rings. The molecular weight excluding hydrogens is 368 g/mol. The van der Waals surface area contributed by atoms with Crippen LogP contribution in [-0.4, -0.2) is 48.3 Å². The number of anilines is 1. The number of carbonyl (C=O) groups is 3. The number of nitrogens with two attached hydrogens (primary N) is 1. The summed E-state index contributed by atoms with van der Waals surface area (Å²) in [5.74, 6) is -0.728. The number of nitrogens with zero attached hydrogens (tertiary/aromatic N) is 1. The smallest absolute Gasteiger partial charge is 0.254 e. The molecule has 0 radical (unpaired) electrons. The van der Waals surface area contributed by atoms with Crippen LogP contribution in [0.25, 0.3) is 0 Å². The maximum absolute atomic E-state index is 12.6. The van der Waals surface area contributed by atoms with Crippen molar-refractivity contribution in [3.63, 3.8) is 0 Å². The molecule has 3 amide bonds. The Bertz CT molecular complexity index is 688. The summed E-state index contributed by atoms with van der Waals surface area (Å²) in [7, 11) is 0. The number of benzene rings is 1. The van der Waals surface area contributed by atoms with Crippen LogP contribution in [0.3, 0.4) is 0 Å². The minimum atomic E-state index is -0.647. The Labute approximate surface area is 166 Å². The number of rotatable bonds is 6. The lowest BCUT2D eigenvalue weighted by atomic mass is 10.0. The first kappa shape index (κ1) is 22.9. The van der Waals surface area contributed by atoms with Crippen molar-refractivity contribution in [2.24, 2.45) is 11.7 Å². The van der Waals surface area contributed by atoms with Gasteiger partial charge in [-0.05, 0) is 43.4 Å². The molecule has 0 aliphatic carbocycles. The molecule has 1 aromatic carbocycles. The molecular formula is C19H29ClN4O3. The maximum Gasteiger partial charge on any atom is 0.254 e. The Kier molecular flexibility index (Phi) is 8.72. The standard InChI is InChI=1S/C19H28N4O3.ClH/c1-12(2)17(20)18(25)21-11-16(24)22-15-8-6-7-14(13(15)3)19(26)23-9-4-5-10-23;/h6-8,12,17H,4-5,9-11,20H2,1-3H3,(H,21,25)(H,22,24);1H/t17-;/m0./s1. The predicted molar refractivity (Wildman–Crippen MR) is 108 cm³/mol.